The first kappa shape index (κ1) is 23.5. The summed E-state index contributed by atoms with van der Waals surface area (Å²) in [6.07, 6.45) is 2.70. The second-order valence-corrected chi connectivity index (χ2v) is 10.8. The van der Waals surface area contributed by atoms with Crippen LogP contribution in [0.3, 0.4) is 0 Å². The van der Waals surface area contributed by atoms with Crippen LogP contribution in [0.15, 0.2) is 56.7 Å². The molecule has 2 heterocycles. The summed E-state index contributed by atoms with van der Waals surface area (Å²) in [7, 11) is -3.61. The number of carbonyl (C=O) groups is 1. The Bertz CT molecular complexity index is 1260. The fourth-order valence-corrected chi connectivity index (χ4v) is 6.57. The molecule has 0 saturated carbocycles. The molecule has 4 rings (SSSR count). The Morgan fingerprint density at radius 3 is 2.55 bits per heavy atom. The van der Waals surface area contributed by atoms with Crippen molar-refractivity contribution in [3.05, 3.63) is 53.6 Å². The van der Waals surface area contributed by atoms with Crippen LogP contribution in [0.5, 0.6) is 0 Å². The zero-order valence-corrected chi connectivity index (χ0v) is 20.4. The van der Waals surface area contributed by atoms with Gasteiger partial charge in [0.15, 0.2) is 0 Å². The van der Waals surface area contributed by atoms with Gasteiger partial charge in [-0.15, -0.1) is 16.9 Å². The van der Waals surface area contributed by atoms with Gasteiger partial charge in [-0.1, -0.05) is 34.9 Å². The van der Waals surface area contributed by atoms with Crippen LogP contribution < -0.4 is 5.32 Å². The standard InChI is InChI=1S/C23H26N4O4S2/c1-15-8-9-18(16(2)14-15)22-25-26-23(31-22)24-21(28)17-10-12-27(13-11-17)33(29,30)20-7-5-4-6-19(20)32-3/h4-9,14,17H,10-13H2,1-3H3,(H,24,26,28). The largest absolute Gasteiger partial charge is 0.403 e. The second-order valence-electron chi connectivity index (χ2n) is 8.05. The number of aryl methyl sites for hydroxylation is 2. The lowest BCUT2D eigenvalue weighted by molar-refractivity contribution is -0.121. The van der Waals surface area contributed by atoms with Crippen molar-refractivity contribution in [1.29, 1.82) is 0 Å². The summed E-state index contributed by atoms with van der Waals surface area (Å²) in [4.78, 5) is 13.8. The summed E-state index contributed by atoms with van der Waals surface area (Å²) in [6, 6.07) is 12.9. The third-order valence-corrected chi connectivity index (χ3v) is 8.66. The van der Waals surface area contributed by atoms with Crippen LogP contribution in [0.4, 0.5) is 6.01 Å². The highest BCUT2D eigenvalue weighted by Gasteiger charge is 2.33. The number of thioether (sulfide) groups is 1. The van der Waals surface area contributed by atoms with E-state index in [0.29, 0.717) is 28.5 Å². The molecule has 1 aromatic heterocycles. The summed E-state index contributed by atoms with van der Waals surface area (Å²) < 4.78 is 33.3. The second kappa shape index (κ2) is 9.66. The molecule has 1 amide bonds. The number of nitrogens with zero attached hydrogens (tertiary/aromatic N) is 3. The molecular formula is C23H26N4O4S2. The van der Waals surface area contributed by atoms with Gasteiger partial charge in [0.05, 0.1) is 4.90 Å². The van der Waals surface area contributed by atoms with Gasteiger partial charge in [0.2, 0.25) is 21.8 Å². The summed E-state index contributed by atoms with van der Waals surface area (Å²) >= 11 is 1.40. The number of hydrogen-bond donors (Lipinski definition) is 1. The number of hydrogen-bond acceptors (Lipinski definition) is 7. The smallest absolute Gasteiger partial charge is 0.322 e. The van der Waals surface area contributed by atoms with Crippen molar-refractivity contribution in [2.75, 3.05) is 24.7 Å². The molecule has 1 saturated heterocycles. The molecule has 3 aromatic rings. The highest BCUT2D eigenvalue weighted by atomic mass is 32.2. The zero-order valence-electron chi connectivity index (χ0n) is 18.7. The molecule has 0 unspecified atom stereocenters. The summed E-state index contributed by atoms with van der Waals surface area (Å²) in [6.45, 7) is 4.53. The Labute approximate surface area is 197 Å². The quantitative estimate of drug-likeness (QED) is 0.523. The number of aromatic nitrogens is 2. The van der Waals surface area contributed by atoms with Gasteiger partial charge in [0, 0.05) is 29.5 Å². The molecule has 1 aliphatic heterocycles. The minimum absolute atomic E-state index is 0.0407. The lowest BCUT2D eigenvalue weighted by Crippen LogP contribution is -2.41. The van der Waals surface area contributed by atoms with Crippen molar-refractivity contribution in [1.82, 2.24) is 14.5 Å². The van der Waals surface area contributed by atoms with E-state index in [-0.39, 0.29) is 30.9 Å². The third-order valence-electron chi connectivity index (χ3n) is 5.78. The van der Waals surface area contributed by atoms with Crippen LogP contribution in [0.1, 0.15) is 24.0 Å². The molecule has 2 aromatic carbocycles. The maximum absolute atomic E-state index is 13.1. The van der Waals surface area contributed by atoms with Crippen LogP contribution in [-0.2, 0) is 14.8 Å². The van der Waals surface area contributed by atoms with Gasteiger partial charge < -0.3 is 4.42 Å². The van der Waals surface area contributed by atoms with E-state index in [1.165, 1.54) is 16.1 Å². The highest BCUT2D eigenvalue weighted by molar-refractivity contribution is 7.99. The molecule has 33 heavy (non-hydrogen) atoms. The van der Waals surface area contributed by atoms with Crippen molar-refractivity contribution >= 4 is 33.7 Å². The summed E-state index contributed by atoms with van der Waals surface area (Å²) in [5, 5.41) is 10.7. The van der Waals surface area contributed by atoms with E-state index < -0.39 is 10.0 Å². The minimum Gasteiger partial charge on any atom is -0.403 e. The lowest BCUT2D eigenvalue weighted by atomic mass is 9.97. The van der Waals surface area contributed by atoms with Crippen molar-refractivity contribution in [2.45, 2.75) is 36.5 Å². The van der Waals surface area contributed by atoms with Gasteiger partial charge in [-0.3, -0.25) is 10.1 Å². The van der Waals surface area contributed by atoms with Crippen molar-refractivity contribution in [2.24, 2.45) is 5.92 Å². The molecule has 1 fully saturated rings. The maximum Gasteiger partial charge on any atom is 0.322 e. The SMILES string of the molecule is CSc1ccccc1S(=O)(=O)N1CCC(C(=O)Nc2nnc(-c3ccc(C)cc3C)o2)CC1. The van der Waals surface area contributed by atoms with Crippen molar-refractivity contribution in [3.63, 3.8) is 0 Å². The number of carbonyl (C=O) groups excluding carboxylic acids is 1. The van der Waals surface area contributed by atoms with Crippen LogP contribution in [-0.4, -0.2) is 48.2 Å². The molecule has 1 aliphatic rings. The number of nitrogens with one attached hydrogen (secondary N) is 1. The monoisotopic (exact) mass is 486 g/mol. The molecule has 0 radical (unpaired) electrons. The van der Waals surface area contributed by atoms with Gasteiger partial charge in [-0.25, -0.2) is 8.42 Å². The van der Waals surface area contributed by atoms with E-state index in [0.717, 1.165) is 16.7 Å². The van der Waals surface area contributed by atoms with Crippen LogP contribution in [0.25, 0.3) is 11.5 Å². The van der Waals surface area contributed by atoms with Crippen LogP contribution in [0.2, 0.25) is 0 Å². The number of rotatable bonds is 6. The molecule has 1 N–H and O–H groups in total. The van der Waals surface area contributed by atoms with Gasteiger partial charge in [0.25, 0.3) is 0 Å². The Kier molecular flexibility index (Phi) is 6.87. The number of benzene rings is 2. The normalized spacial score (nSPS) is 15.5. The van der Waals surface area contributed by atoms with Gasteiger partial charge >= 0.3 is 6.01 Å². The highest BCUT2D eigenvalue weighted by Crippen LogP contribution is 2.30. The van der Waals surface area contributed by atoms with Crippen LogP contribution >= 0.6 is 11.8 Å². The minimum atomic E-state index is -3.61. The molecule has 0 aliphatic carbocycles. The predicted molar refractivity (Wildman–Crippen MR) is 128 cm³/mol. The summed E-state index contributed by atoms with van der Waals surface area (Å²) in [5.41, 5.74) is 2.96. The molecule has 0 atom stereocenters. The molecule has 10 heteroatoms. The predicted octanol–water partition coefficient (Wildman–Crippen LogP) is 4.11. The Hall–Kier alpha value is -2.69. The average molecular weight is 487 g/mol. The Morgan fingerprint density at radius 2 is 1.85 bits per heavy atom. The Balaban J connectivity index is 1.39. The van der Waals surface area contributed by atoms with E-state index in [9.17, 15) is 13.2 Å². The van der Waals surface area contributed by atoms with Gasteiger partial charge in [0.1, 0.15) is 0 Å². The number of anilines is 1. The molecular weight excluding hydrogens is 460 g/mol. The van der Waals surface area contributed by atoms with E-state index >= 15 is 0 Å². The van der Waals surface area contributed by atoms with Crippen molar-refractivity contribution < 1.29 is 17.6 Å². The number of amides is 1. The molecule has 174 valence electrons. The Morgan fingerprint density at radius 1 is 1.12 bits per heavy atom. The average Bonchev–Trinajstić information content (AvgIpc) is 3.27. The van der Waals surface area contributed by atoms with Gasteiger partial charge in [-0.05, 0) is 56.7 Å². The first-order valence-electron chi connectivity index (χ1n) is 10.6. The molecule has 8 nitrogen and oxygen atoms in total. The first-order chi connectivity index (χ1) is 15.8. The number of piperidine rings is 1. The van der Waals surface area contributed by atoms with Crippen LogP contribution in [0, 0.1) is 19.8 Å². The van der Waals surface area contributed by atoms with Crippen molar-refractivity contribution in [3.8, 4) is 11.5 Å². The molecule has 0 bridgehead atoms. The maximum atomic E-state index is 13.1. The fraction of sp³-hybridized carbons (Fsp3) is 0.348. The summed E-state index contributed by atoms with van der Waals surface area (Å²) in [5.74, 6) is -0.229. The third kappa shape index (κ3) is 4.97. The van der Waals surface area contributed by atoms with Gasteiger partial charge in [-0.2, -0.15) is 4.31 Å². The van der Waals surface area contributed by atoms with E-state index in [2.05, 4.69) is 15.5 Å². The van der Waals surface area contributed by atoms with E-state index in [1.54, 1.807) is 18.2 Å². The zero-order chi connectivity index (χ0) is 23.6. The van der Waals surface area contributed by atoms with E-state index in [4.69, 9.17) is 4.42 Å². The first-order valence-corrected chi connectivity index (χ1v) is 13.3. The number of sulfonamides is 1. The fourth-order valence-electron chi connectivity index (χ4n) is 3.97. The topological polar surface area (TPSA) is 105 Å². The van der Waals surface area contributed by atoms with E-state index in [1.807, 2.05) is 44.4 Å². The lowest BCUT2D eigenvalue weighted by Gasteiger charge is -2.30. The molecule has 0 spiro atoms.